The molecule has 0 atom stereocenters. The lowest BCUT2D eigenvalue weighted by atomic mass is 10.3. The lowest BCUT2D eigenvalue weighted by molar-refractivity contribution is 0.303. The number of benzene rings is 1. The summed E-state index contributed by atoms with van der Waals surface area (Å²) < 4.78 is 5.62. The third kappa shape index (κ3) is 1.95. The molecule has 0 N–H and O–H groups in total. The fraction of sp³-hybridized carbons (Fsp3) is 0.400. The van der Waals surface area contributed by atoms with Crippen molar-refractivity contribution in [2.45, 2.75) is 23.8 Å². The second kappa shape index (κ2) is 3.40. The third-order valence-electron chi connectivity index (χ3n) is 1.89. The maximum absolute atomic E-state index is 5.62. The zero-order chi connectivity index (χ0) is 8.39. The molecule has 0 amide bonds. The number of ether oxygens (including phenoxy) is 1. The average Bonchev–Trinajstić information content (AvgIpc) is 2.90. The zero-order valence-corrected chi connectivity index (χ0v) is 7.93. The Bertz CT molecular complexity index is 251. The van der Waals surface area contributed by atoms with Gasteiger partial charge in [0.25, 0.3) is 0 Å². The van der Waals surface area contributed by atoms with E-state index in [2.05, 4.69) is 18.4 Å². The van der Waals surface area contributed by atoms with E-state index in [1.807, 2.05) is 12.1 Å². The van der Waals surface area contributed by atoms with Crippen molar-refractivity contribution >= 4 is 11.8 Å². The Morgan fingerprint density at radius 3 is 2.42 bits per heavy atom. The minimum atomic E-state index is 0.505. The van der Waals surface area contributed by atoms with Gasteiger partial charge in [-0.1, -0.05) is 0 Å². The Labute approximate surface area is 77.1 Å². The molecular weight excluding hydrogens is 168 g/mol. The van der Waals surface area contributed by atoms with E-state index >= 15 is 0 Å². The first-order valence-corrected chi connectivity index (χ1v) is 5.41. The number of hydrogen-bond acceptors (Lipinski definition) is 2. The van der Waals surface area contributed by atoms with Crippen LogP contribution in [0.1, 0.15) is 12.8 Å². The first-order valence-electron chi connectivity index (χ1n) is 4.19. The second-order valence-electron chi connectivity index (χ2n) is 2.99. The maximum Gasteiger partial charge on any atom is 0.119 e. The van der Waals surface area contributed by atoms with Crippen molar-refractivity contribution < 1.29 is 4.74 Å². The van der Waals surface area contributed by atoms with Crippen LogP contribution in [0.5, 0.6) is 5.75 Å². The van der Waals surface area contributed by atoms with Crippen molar-refractivity contribution in [1.82, 2.24) is 0 Å². The molecule has 1 aromatic rings. The van der Waals surface area contributed by atoms with Crippen LogP contribution in [0.4, 0.5) is 0 Å². The number of rotatable bonds is 3. The van der Waals surface area contributed by atoms with Gasteiger partial charge in [-0.05, 0) is 43.4 Å². The van der Waals surface area contributed by atoms with Gasteiger partial charge in [0, 0.05) is 4.90 Å². The fourth-order valence-corrected chi connectivity index (χ4v) is 1.44. The molecule has 1 aliphatic carbocycles. The average molecular weight is 180 g/mol. The Morgan fingerprint density at radius 1 is 1.25 bits per heavy atom. The van der Waals surface area contributed by atoms with Crippen molar-refractivity contribution in [2.24, 2.45) is 0 Å². The van der Waals surface area contributed by atoms with Crippen LogP contribution in [0.2, 0.25) is 0 Å². The van der Waals surface area contributed by atoms with Gasteiger partial charge in [0.15, 0.2) is 0 Å². The predicted molar refractivity (Wildman–Crippen MR) is 51.9 cm³/mol. The minimum Gasteiger partial charge on any atom is -0.490 e. The van der Waals surface area contributed by atoms with Gasteiger partial charge >= 0.3 is 0 Å². The normalized spacial score (nSPS) is 16.1. The standard InChI is InChI=1S/C10H12OS/c1-12-10-6-4-9(5-7-10)11-8-2-3-8/h4-8H,2-3H2,1H3. The van der Waals surface area contributed by atoms with Crippen LogP contribution >= 0.6 is 11.8 Å². The monoisotopic (exact) mass is 180 g/mol. The molecule has 0 heterocycles. The summed E-state index contributed by atoms with van der Waals surface area (Å²) in [5.41, 5.74) is 0. The molecule has 64 valence electrons. The second-order valence-corrected chi connectivity index (χ2v) is 3.87. The highest BCUT2D eigenvalue weighted by Gasteiger charge is 2.23. The smallest absolute Gasteiger partial charge is 0.119 e. The summed E-state index contributed by atoms with van der Waals surface area (Å²) >= 11 is 1.76. The largest absolute Gasteiger partial charge is 0.490 e. The van der Waals surface area contributed by atoms with E-state index in [-0.39, 0.29) is 0 Å². The van der Waals surface area contributed by atoms with Crippen molar-refractivity contribution in [3.63, 3.8) is 0 Å². The summed E-state index contributed by atoms with van der Waals surface area (Å²) in [4.78, 5) is 1.29. The first-order chi connectivity index (χ1) is 5.88. The molecule has 1 fully saturated rings. The minimum absolute atomic E-state index is 0.505. The van der Waals surface area contributed by atoms with Gasteiger partial charge in [0.05, 0.1) is 6.10 Å². The highest BCUT2D eigenvalue weighted by Crippen LogP contribution is 2.27. The van der Waals surface area contributed by atoms with Crippen molar-refractivity contribution in [1.29, 1.82) is 0 Å². The first kappa shape index (κ1) is 7.99. The molecule has 1 nitrogen and oxygen atoms in total. The molecule has 1 aromatic carbocycles. The van der Waals surface area contributed by atoms with Crippen LogP contribution < -0.4 is 4.74 Å². The lowest BCUT2D eigenvalue weighted by Crippen LogP contribution is -1.94. The topological polar surface area (TPSA) is 9.23 Å². The van der Waals surface area contributed by atoms with E-state index < -0.39 is 0 Å². The van der Waals surface area contributed by atoms with E-state index in [1.165, 1.54) is 17.7 Å². The number of thioether (sulfide) groups is 1. The van der Waals surface area contributed by atoms with Gasteiger partial charge < -0.3 is 4.74 Å². The van der Waals surface area contributed by atoms with Gasteiger partial charge in [0.2, 0.25) is 0 Å². The predicted octanol–water partition coefficient (Wildman–Crippen LogP) is 2.95. The highest BCUT2D eigenvalue weighted by atomic mass is 32.2. The van der Waals surface area contributed by atoms with E-state index in [4.69, 9.17) is 4.74 Å². The van der Waals surface area contributed by atoms with Gasteiger partial charge in [-0.2, -0.15) is 0 Å². The Kier molecular flexibility index (Phi) is 2.26. The van der Waals surface area contributed by atoms with Gasteiger partial charge in [-0.15, -0.1) is 11.8 Å². The van der Waals surface area contributed by atoms with E-state index in [0.717, 1.165) is 5.75 Å². The Morgan fingerprint density at radius 2 is 1.92 bits per heavy atom. The summed E-state index contributed by atoms with van der Waals surface area (Å²) in [6.45, 7) is 0. The van der Waals surface area contributed by atoms with E-state index in [1.54, 1.807) is 11.8 Å². The van der Waals surface area contributed by atoms with Gasteiger partial charge in [0.1, 0.15) is 5.75 Å². The molecule has 0 saturated heterocycles. The van der Waals surface area contributed by atoms with E-state index in [0.29, 0.717) is 6.10 Å². The van der Waals surface area contributed by atoms with Crippen molar-refractivity contribution in [2.75, 3.05) is 6.26 Å². The van der Waals surface area contributed by atoms with E-state index in [9.17, 15) is 0 Å². The van der Waals surface area contributed by atoms with Crippen LogP contribution in [0.25, 0.3) is 0 Å². The molecular formula is C10H12OS. The zero-order valence-electron chi connectivity index (χ0n) is 7.12. The Hall–Kier alpha value is -0.630. The van der Waals surface area contributed by atoms with Crippen LogP contribution in [-0.2, 0) is 0 Å². The van der Waals surface area contributed by atoms with Gasteiger partial charge in [-0.3, -0.25) is 0 Å². The summed E-state index contributed by atoms with van der Waals surface area (Å²) in [5, 5.41) is 0. The highest BCUT2D eigenvalue weighted by molar-refractivity contribution is 7.98. The van der Waals surface area contributed by atoms with Crippen LogP contribution in [-0.4, -0.2) is 12.4 Å². The summed E-state index contributed by atoms with van der Waals surface area (Å²) in [7, 11) is 0. The molecule has 0 bridgehead atoms. The molecule has 1 aliphatic rings. The van der Waals surface area contributed by atoms with Crippen molar-refractivity contribution in [3.8, 4) is 5.75 Å². The molecule has 0 aliphatic heterocycles. The van der Waals surface area contributed by atoms with Crippen LogP contribution in [0.15, 0.2) is 29.2 Å². The quantitative estimate of drug-likeness (QED) is 0.661. The molecule has 2 heteroatoms. The molecule has 1 saturated carbocycles. The molecule has 12 heavy (non-hydrogen) atoms. The molecule has 0 spiro atoms. The molecule has 0 unspecified atom stereocenters. The summed E-state index contributed by atoms with van der Waals surface area (Å²) in [6.07, 6.45) is 5.04. The van der Waals surface area contributed by atoms with Crippen LogP contribution in [0, 0.1) is 0 Å². The third-order valence-corrected chi connectivity index (χ3v) is 2.63. The molecule has 2 rings (SSSR count). The summed E-state index contributed by atoms with van der Waals surface area (Å²) in [5.74, 6) is 1.01. The van der Waals surface area contributed by atoms with Crippen molar-refractivity contribution in [3.05, 3.63) is 24.3 Å². The number of hydrogen-bond donors (Lipinski definition) is 0. The van der Waals surface area contributed by atoms with Gasteiger partial charge in [-0.25, -0.2) is 0 Å². The Balaban J connectivity index is 2.02. The van der Waals surface area contributed by atoms with Crippen LogP contribution in [0.3, 0.4) is 0 Å². The maximum atomic E-state index is 5.62. The SMILES string of the molecule is CSc1ccc(OC2CC2)cc1. The molecule has 0 aromatic heterocycles. The summed E-state index contributed by atoms with van der Waals surface area (Å²) in [6, 6.07) is 8.29. The lowest BCUT2D eigenvalue weighted by Gasteiger charge is -2.03. The molecule has 0 radical (unpaired) electrons. The fourth-order valence-electron chi connectivity index (χ4n) is 1.03.